The number of hydrogen-bond donors (Lipinski definition) is 1. The van der Waals surface area contributed by atoms with Gasteiger partial charge in [0.15, 0.2) is 0 Å². The molecule has 0 bridgehead atoms. The van der Waals surface area contributed by atoms with Crippen molar-refractivity contribution in [3.05, 3.63) is 41.8 Å². The van der Waals surface area contributed by atoms with E-state index in [0.29, 0.717) is 19.4 Å². The molecule has 0 radical (unpaired) electrons. The molecule has 1 aromatic heterocycles. The molecule has 7 heteroatoms. The summed E-state index contributed by atoms with van der Waals surface area (Å²) in [5, 5.41) is 7.45. The summed E-state index contributed by atoms with van der Waals surface area (Å²) in [4.78, 5) is 14.5. The lowest BCUT2D eigenvalue weighted by atomic mass is 10.0. The summed E-state index contributed by atoms with van der Waals surface area (Å²) in [5.41, 5.74) is 2.66. The van der Waals surface area contributed by atoms with Crippen molar-refractivity contribution >= 4 is 5.91 Å². The van der Waals surface area contributed by atoms with E-state index in [1.807, 2.05) is 13.2 Å². The van der Waals surface area contributed by atoms with Gasteiger partial charge in [0.2, 0.25) is 5.91 Å². The van der Waals surface area contributed by atoms with E-state index in [-0.39, 0.29) is 11.7 Å². The molecule has 2 heterocycles. The lowest BCUT2D eigenvalue weighted by Gasteiger charge is -2.26. The summed E-state index contributed by atoms with van der Waals surface area (Å²) >= 11 is 0. The minimum Gasteiger partial charge on any atom is -0.379 e. The molecular formula is C20H27FN4O2. The maximum Gasteiger partial charge on any atom is 0.220 e. The lowest BCUT2D eigenvalue weighted by Crippen LogP contribution is -2.38. The molecule has 1 aliphatic rings. The topological polar surface area (TPSA) is 59.4 Å². The first-order chi connectivity index (χ1) is 13.1. The van der Waals surface area contributed by atoms with Crippen molar-refractivity contribution in [1.82, 2.24) is 20.0 Å². The quantitative estimate of drug-likeness (QED) is 0.718. The highest BCUT2D eigenvalue weighted by Gasteiger charge is 2.13. The van der Waals surface area contributed by atoms with E-state index in [1.165, 1.54) is 12.1 Å². The zero-order chi connectivity index (χ0) is 19.1. The molecule has 0 spiro atoms. The number of benzene rings is 1. The number of carbonyl (C=O) groups is 1. The SMILES string of the molecule is Cn1cc(CCC(=O)NCCCN2CCOCC2)c(-c2ccc(F)cc2)n1. The number of hydrogen-bond acceptors (Lipinski definition) is 4. The van der Waals surface area contributed by atoms with Crippen LogP contribution in [0.1, 0.15) is 18.4 Å². The molecular weight excluding hydrogens is 347 g/mol. The van der Waals surface area contributed by atoms with Crippen LogP contribution in [0.4, 0.5) is 4.39 Å². The van der Waals surface area contributed by atoms with Gasteiger partial charge in [0.05, 0.1) is 18.9 Å². The molecule has 2 aromatic rings. The fraction of sp³-hybridized carbons (Fsp3) is 0.500. The van der Waals surface area contributed by atoms with Crippen molar-refractivity contribution in [3.8, 4) is 11.3 Å². The van der Waals surface area contributed by atoms with Crippen LogP contribution in [0.25, 0.3) is 11.3 Å². The normalized spacial score (nSPS) is 15.0. The number of halogens is 1. The van der Waals surface area contributed by atoms with Gasteiger partial charge in [-0.15, -0.1) is 0 Å². The van der Waals surface area contributed by atoms with Crippen molar-refractivity contribution in [2.75, 3.05) is 39.4 Å². The first-order valence-electron chi connectivity index (χ1n) is 9.47. The fourth-order valence-corrected chi connectivity index (χ4v) is 3.26. The van der Waals surface area contributed by atoms with E-state index < -0.39 is 0 Å². The van der Waals surface area contributed by atoms with Gasteiger partial charge in [-0.25, -0.2) is 4.39 Å². The smallest absolute Gasteiger partial charge is 0.220 e. The zero-order valence-electron chi connectivity index (χ0n) is 15.8. The van der Waals surface area contributed by atoms with Crippen LogP contribution in [0.15, 0.2) is 30.5 Å². The zero-order valence-corrected chi connectivity index (χ0v) is 15.8. The van der Waals surface area contributed by atoms with Crippen molar-refractivity contribution in [2.24, 2.45) is 7.05 Å². The summed E-state index contributed by atoms with van der Waals surface area (Å²) in [6.45, 7) is 5.22. The molecule has 146 valence electrons. The number of aromatic nitrogens is 2. The highest BCUT2D eigenvalue weighted by molar-refractivity contribution is 5.76. The third-order valence-electron chi connectivity index (χ3n) is 4.72. The molecule has 0 aliphatic carbocycles. The summed E-state index contributed by atoms with van der Waals surface area (Å²) < 4.78 is 20.2. The molecule has 1 N–H and O–H groups in total. The molecule has 27 heavy (non-hydrogen) atoms. The Kier molecular flexibility index (Phi) is 6.95. The number of ether oxygens (including phenoxy) is 1. The Morgan fingerprint density at radius 2 is 2.00 bits per heavy atom. The van der Waals surface area contributed by atoms with Gasteiger partial charge < -0.3 is 10.1 Å². The Balaban J connectivity index is 1.44. The monoisotopic (exact) mass is 374 g/mol. The lowest BCUT2D eigenvalue weighted by molar-refractivity contribution is -0.121. The van der Waals surface area contributed by atoms with E-state index in [0.717, 1.165) is 56.1 Å². The number of aryl methyl sites for hydroxylation is 2. The van der Waals surface area contributed by atoms with E-state index in [4.69, 9.17) is 4.74 Å². The van der Waals surface area contributed by atoms with Crippen molar-refractivity contribution < 1.29 is 13.9 Å². The summed E-state index contributed by atoms with van der Waals surface area (Å²) in [6, 6.07) is 6.28. The van der Waals surface area contributed by atoms with E-state index in [9.17, 15) is 9.18 Å². The predicted molar refractivity (Wildman–Crippen MR) is 102 cm³/mol. The van der Waals surface area contributed by atoms with Gasteiger partial charge in [-0.2, -0.15) is 5.10 Å². The molecule has 0 unspecified atom stereocenters. The van der Waals surface area contributed by atoms with Crippen LogP contribution in [-0.4, -0.2) is 60.0 Å². The number of rotatable bonds is 8. The third kappa shape index (κ3) is 5.87. The molecule has 1 aliphatic heterocycles. The molecule has 1 amide bonds. The van der Waals surface area contributed by atoms with Gasteiger partial charge in [0.25, 0.3) is 0 Å². The summed E-state index contributed by atoms with van der Waals surface area (Å²) in [7, 11) is 1.85. The van der Waals surface area contributed by atoms with E-state index >= 15 is 0 Å². The van der Waals surface area contributed by atoms with Gasteiger partial charge in [-0.3, -0.25) is 14.4 Å². The largest absolute Gasteiger partial charge is 0.379 e. The molecule has 0 saturated carbocycles. The van der Waals surface area contributed by atoms with Crippen LogP contribution >= 0.6 is 0 Å². The highest BCUT2D eigenvalue weighted by Crippen LogP contribution is 2.23. The van der Waals surface area contributed by atoms with Gasteiger partial charge >= 0.3 is 0 Å². The Morgan fingerprint density at radius 1 is 1.26 bits per heavy atom. The highest BCUT2D eigenvalue weighted by atomic mass is 19.1. The molecule has 1 saturated heterocycles. The molecule has 0 atom stereocenters. The second-order valence-electron chi connectivity index (χ2n) is 6.84. The van der Waals surface area contributed by atoms with Crippen LogP contribution in [0, 0.1) is 5.82 Å². The minimum absolute atomic E-state index is 0.0471. The Hall–Kier alpha value is -2.25. The average Bonchev–Trinajstić information content (AvgIpc) is 3.05. The second-order valence-corrected chi connectivity index (χ2v) is 6.84. The first kappa shape index (κ1) is 19.5. The maximum atomic E-state index is 13.1. The first-order valence-corrected chi connectivity index (χ1v) is 9.47. The second kappa shape index (κ2) is 9.62. The van der Waals surface area contributed by atoms with Crippen molar-refractivity contribution in [1.29, 1.82) is 0 Å². The number of morpholine rings is 1. The summed E-state index contributed by atoms with van der Waals surface area (Å²) in [6.07, 6.45) is 3.89. The van der Waals surface area contributed by atoms with Gasteiger partial charge in [-0.1, -0.05) is 0 Å². The van der Waals surface area contributed by atoms with E-state index in [2.05, 4.69) is 15.3 Å². The van der Waals surface area contributed by atoms with Gasteiger partial charge in [-0.05, 0) is 49.2 Å². The molecule has 6 nitrogen and oxygen atoms in total. The molecule has 1 aromatic carbocycles. The Morgan fingerprint density at radius 3 is 2.74 bits per heavy atom. The van der Waals surface area contributed by atoms with Crippen molar-refractivity contribution in [2.45, 2.75) is 19.3 Å². The average molecular weight is 374 g/mol. The van der Waals surface area contributed by atoms with Crippen LogP contribution in [0.2, 0.25) is 0 Å². The van der Waals surface area contributed by atoms with Crippen LogP contribution in [0.5, 0.6) is 0 Å². The third-order valence-corrected chi connectivity index (χ3v) is 4.72. The van der Waals surface area contributed by atoms with Gasteiger partial charge in [0, 0.05) is 44.9 Å². The molecule has 1 fully saturated rings. The standard InChI is InChI=1S/C20H27FN4O2/c1-24-15-17(20(23-24)16-3-6-18(21)7-4-16)5-8-19(26)22-9-2-10-25-11-13-27-14-12-25/h3-4,6-7,15H,2,5,8-14H2,1H3,(H,22,26). The number of amides is 1. The van der Waals surface area contributed by atoms with Crippen molar-refractivity contribution in [3.63, 3.8) is 0 Å². The van der Waals surface area contributed by atoms with E-state index in [1.54, 1.807) is 16.8 Å². The maximum absolute atomic E-state index is 13.1. The number of nitrogens with zero attached hydrogens (tertiary/aromatic N) is 3. The summed E-state index contributed by atoms with van der Waals surface area (Å²) in [5.74, 6) is -0.224. The van der Waals surface area contributed by atoms with Gasteiger partial charge in [0.1, 0.15) is 5.82 Å². The predicted octanol–water partition coefficient (Wildman–Crippen LogP) is 2.00. The number of nitrogens with one attached hydrogen (secondary N) is 1. The van der Waals surface area contributed by atoms with Crippen LogP contribution in [0.3, 0.4) is 0 Å². The fourth-order valence-electron chi connectivity index (χ4n) is 3.26. The van der Waals surface area contributed by atoms with Crippen LogP contribution < -0.4 is 5.32 Å². The van der Waals surface area contributed by atoms with Crippen LogP contribution in [-0.2, 0) is 23.0 Å². The Labute approximate surface area is 159 Å². The number of carbonyl (C=O) groups excluding carboxylic acids is 1. The molecule has 3 rings (SSSR count). The Bertz CT molecular complexity index is 739. The minimum atomic E-state index is -0.271.